The van der Waals surface area contributed by atoms with Crippen LogP contribution in [0.3, 0.4) is 0 Å². The highest BCUT2D eigenvalue weighted by atomic mass is 19.1. The Morgan fingerprint density at radius 3 is 2.75 bits per heavy atom. The highest BCUT2D eigenvalue weighted by Crippen LogP contribution is 2.46. The zero-order chi connectivity index (χ0) is 36.3. The van der Waals surface area contributed by atoms with E-state index in [0.29, 0.717) is 29.6 Å². The molecule has 5 aromatic rings. The predicted octanol–water partition coefficient (Wildman–Crippen LogP) is 5.72. The Balaban J connectivity index is 0.000000372. The van der Waals surface area contributed by atoms with Crippen LogP contribution < -0.4 is 20.1 Å². The zero-order valence-electron chi connectivity index (χ0n) is 28.5. The van der Waals surface area contributed by atoms with Crippen LogP contribution in [0.4, 0.5) is 24.8 Å². The number of aromatic hydroxyl groups is 1. The minimum absolute atomic E-state index is 0.0357. The molecule has 0 bridgehead atoms. The molecular formula is C38H36F3N7O4. The van der Waals surface area contributed by atoms with Gasteiger partial charge in [0.1, 0.15) is 52.1 Å². The number of hydrogen-bond donors (Lipinski definition) is 2. The van der Waals surface area contributed by atoms with Gasteiger partial charge < -0.3 is 30.0 Å². The summed E-state index contributed by atoms with van der Waals surface area (Å²) in [4.78, 5) is 22.1. The number of nitrogens with zero attached hydrogens (tertiary/aromatic N) is 6. The van der Waals surface area contributed by atoms with Gasteiger partial charge >= 0.3 is 6.01 Å². The van der Waals surface area contributed by atoms with E-state index in [1.165, 1.54) is 44.2 Å². The van der Waals surface area contributed by atoms with Crippen LogP contribution in [0.15, 0.2) is 42.6 Å². The number of alkyl halides is 1. The summed E-state index contributed by atoms with van der Waals surface area (Å²) in [6.07, 6.45) is 9.55. The molecule has 3 aromatic heterocycles. The van der Waals surface area contributed by atoms with Crippen LogP contribution >= 0.6 is 0 Å². The number of rotatable bonds is 4. The van der Waals surface area contributed by atoms with Crippen molar-refractivity contribution in [1.82, 2.24) is 24.8 Å². The Labute approximate surface area is 297 Å². The number of phenolic OH excluding ortho intramolecular Hbond substituents is 1. The molecule has 0 radical (unpaired) electrons. The first kappa shape index (κ1) is 33.7. The summed E-state index contributed by atoms with van der Waals surface area (Å²) in [5, 5.41) is 11.4. The SMILES string of the molecule is C#Cc1c(F)ccc2cc(O)cc(-c3nc4c5c(nc(OC)nc5c3F)N(C(C)c3cccnc3N)C3COCC3O4)c12.FC1CC2CCCN2C1. The maximum absolute atomic E-state index is 16.8. The van der Waals surface area contributed by atoms with E-state index in [1.807, 2.05) is 17.9 Å². The molecule has 0 saturated carbocycles. The Bertz CT molecular complexity index is 2240. The second-order valence-corrected chi connectivity index (χ2v) is 13.4. The quantitative estimate of drug-likeness (QED) is 0.222. The van der Waals surface area contributed by atoms with Gasteiger partial charge in [0.15, 0.2) is 5.82 Å². The highest BCUT2D eigenvalue weighted by molar-refractivity contribution is 6.04. The van der Waals surface area contributed by atoms with E-state index in [0.717, 1.165) is 18.5 Å². The second-order valence-electron chi connectivity index (χ2n) is 13.4. The molecule has 14 heteroatoms. The van der Waals surface area contributed by atoms with Crippen molar-refractivity contribution in [3.05, 3.63) is 65.4 Å². The topological polar surface area (TPSA) is 132 Å². The first-order valence-electron chi connectivity index (χ1n) is 17.2. The van der Waals surface area contributed by atoms with Crippen molar-refractivity contribution in [3.63, 3.8) is 0 Å². The van der Waals surface area contributed by atoms with Gasteiger partial charge in [-0.3, -0.25) is 4.90 Å². The van der Waals surface area contributed by atoms with Crippen LogP contribution in [-0.4, -0.2) is 87.7 Å². The lowest BCUT2D eigenvalue weighted by atomic mass is 9.95. The fraction of sp³-hybridized carbons (Fsp3) is 0.368. The number of benzene rings is 2. The number of terminal acetylenes is 1. The lowest BCUT2D eigenvalue weighted by Crippen LogP contribution is -2.46. The normalized spacial score (nSPS) is 22.6. The fourth-order valence-corrected chi connectivity index (χ4v) is 8.02. The molecule has 268 valence electrons. The minimum Gasteiger partial charge on any atom is -0.508 e. The summed E-state index contributed by atoms with van der Waals surface area (Å²) in [5.74, 6) is 1.30. The average molecular weight is 712 g/mol. The van der Waals surface area contributed by atoms with Crippen molar-refractivity contribution in [2.45, 2.75) is 56.6 Å². The number of pyridine rings is 2. The van der Waals surface area contributed by atoms with E-state index in [1.54, 1.807) is 12.3 Å². The van der Waals surface area contributed by atoms with Gasteiger partial charge in [-0.25, -0.2) is 23.1 Å². The van der Waals surface area contributed by atoms with E-state index in [4.69, 9.17) is 26.4 Å². The molecule has 9 rings (SSSR count). The van der Waals surface area contributed by atoms with Crippen molar-refractivity contribution in [3.8, 4) is 41.2 Å². The minimum atomic E-state index is -0.861. The molecule has 0 spiro atoms. The molecule has 52 heavy (non-hydrogen) atoms. The highest BCUT2D eigenvalue weighted by Gasteiger charge is 2.44. The van der Waals surface area contributed by atoms with E-state index in [9.17, 15) is 13.9 Å². The first-order chi connectivity index (χ1) is 25.2. The fourth-order valence-electron chi connectivity index (χ4n) is 8.02. The van der Waals surface area contributed by atoms with Gasteiger partial charge in [-0.1, -0.05) is 18.1 Å². The van der Waals surface area contributed by atoms with Crippen molar-refractivity contribution >= 4 is 33.3 Å². The third-order valence-electron chi connectivity index (χ3n) is 10.4. The van der Waals surface area contributed by atoms with Crippen molar-refractivity contribution in [1.29, 1.82) is 0 Å². The molecule has 11 nitrogen and oxygen atoms in total. The molecule has 0 aliphatic carbocycles. The number of fused-ring (bicyclic) bond motifs is 3. The third kappa shape index (κ3) is 5.64. The van der Waals surface area contributed by atoms with Gasteiger partial charge in [0.25, 0.3) is 0 Å². The standard InChI is InChI=1S/C31H24F2N6O4.C7H12FN/c1-4-17-20(32)8-7-15-10-16(40)11-19(23(15)17)26-25(33)27-24-29(38-31(37-27)41-3)39(14(2)18-6-5-9-35-28(18)34)21-12-42-13-22(21)43-30(24)36-26;8-6-4-7-2-1-3-9(7)5-6/h1,5-11,14,21-22,40H,12-13H2,2-3H3,(H2,34,35);6-7H,1-5H2. The number of hydrogen-bond acceptors (Lipinski definition) is 11. The predicted molar refractivity (Wildman–Crippen MR) is 189 cm³/mol. The summed E-state index contributed by atoms with van der Waals surface area (Å²) >= 11 is 0. The maximum atomic E-state index is 16.8. The van der Waals surface area contributed by atoms with Crippen molar-refractivity contribution in [2.75, 3.05) is 44.0 Å². The average Bonchev–Trinajstić information content (AvgIpc) is 3.85. The smallest absolute Gasteiger partial charge is 0.318 e. The molecule has 3 fully saturated rings. The van der Waals surface area contributed by atoms with Crippen molar-refractivity contribution < 1.29 is 32.5 Å². The summed E-state index contributed by atoms with van der Waals surface area (Å²) < 4.78 is 61.9. The van der Waals surface area contributed by atoms with Crippen LogP contribution in [0, 0.1) is 24.0 Å². The molecular weight excluding hydrogens is 675 g/mol. The first-order valence-corrected chi connectivity index (χ1v) is 17.2. The van der Waals surface area contributed by atoms with E-state index < -0.39 is 30.0 Å². The second kappa shape index (κ2) is 13.3. The molecule has 5 atom stereocenters. The van der Waals surface area contributed by atoms with E-state index >= 15 is 4.39 Å². The van der Waals surface area contributed by atoms with Crippen LogP contribution in [0.5, 0.6) is 17.6 Å². The maximum Gasteiger partial charge on any atom is 0.318 e. The van der Waals surface area contributed by atoms with Crippen LogP contribution in [0.2, 0.25) is 0 Å². The van der Waals surface area contributed by atoms with Gasteiger partial charge in [-0.15, -0.1) is 6.42 Å². The number of nitrogen functional groups attached to an aromatic ring is 1. The Hall–Kier alpha value is -5.39. The summed E-state index contributed by atoms with van der Waals surface area (Å²) in [6.45, 7) is 4.30. The molecule has 4 aliphatic rings. The number of aromatic nitrogens is 4. The molecule has 3 saturated heterocycles. The van der Waals surface area contributed by atoms with Gasteiger partial charge in [-0.05, 0) is 62.4 Å². The van der Waals surface area contributed by atoms with Crippen LogP contribution in [0.25, 0.3) is 32.9 Å². The third-order valence-corrected chi connectivity index (χ3v) is 10.4. The van der Waals surface area contributed by atoms with Gasteiger partial charge in [-0.2, -0.15) is 9.97 Å². The van der Waals surface area contributed by atoms with E-state index in [2.05, 4.69) is 30.8 Å². The number of ether oxygens (including phenoxy) is 3. The molecule has 2 aromatic carbocycles. The Morgan fingerprint density at radius 1 is 1.13 bits per heavy atom. The summed E-state index contributed by atoms with van der Waals surface area (Å²) in [7, 11) is 1.38. The van der Waals surface area contributed by atoms with Crippen LogP contribution in [-0.2, 0) is 4.74 Å². The number of nitrogens with two attached hydrogens (primary N) is 1. The molecule has 4 aliphatic heterocycles. The van der Waals surface area contributed by atoms with Gasteiger partial charge in [0.2, 0.25) is 5.88 Å². The van der Waals surface area contributed by atoms with Gasteiger partial charge in [0, 0.05) is 35.3 Å². The van der Waals surface area contributed by atoms with Gasteiger partial charge in [0.05, 0.1) is 38.0 Å². The monoisotopic (exact) mass is 711 g/mol. The zero-order valence-corrected chi connectivity index (χ0v) is 28.5. The van der Waals surface area contributed by atoms with E-state index in [-0.39, 0.29) is 70.0 Å². The molecule has 5 unspecified atom stereocenters. The molecule has 3 N–H and O–H groups in total. The van der Waals surface area contributed by atoms with Crippen molar-refractivity contribution in [2.24, 2.45) is 0 Å². The number of anilines is 2. The largest absolute Gasteiger partial charge is 0.508 e. The molecule has 7 heterocycles. The number of halogens is 3. The number of phenols is 1. The lowest BCUT2D eigenvalue weighted by Gasteiger charge is -2.36. The Kier molecular flexibility index (Phi) is 8.63. The molecule has 0 amide bonds. The summed E-state index contributed by atoms with van der Waals surface area (Å²) in [6, 6.07) is 8.71. The lowest BCUT2D eigenvalue weighted by molar-refractivity contribution is 0.138. The summed E-state index contributed by atoms with van der Waals surface area (Å²) in [5.41, 5.74) is 6.57. The number of methoxy groups -OCH3 is 1. The van der Waals surface area contributed by atoms with Crippen LogP contribution in [0.1, 0.15) is 43.4 Å². The Morgan fingerprint density at radius 2 is 1.98 bits per heavy atom.